The van der Waals surface area contributed by atoms with E-state index in [-0.39, 0.29) is 17.9 Å². The third kappa shape index (κ3) is 3.24. The minimum atomic E-state index is -5.20. The standard InChI is InChI=1S/C14H15F3N2O4S/c1-2-23-11(21)9-10(7-4-3-5-8(20)6-7)18-12(24)19-13(9,22)14(15,16)17/h3-6,9-10,20,22H,2H2,1H3,(H2,18,19,24)/t9-,10-,13-/m0/s1. The largest absolute Gasteiger partial charge is 0.508 e. The van der Waals surface area contributed by atoms with Gasteiger partial charge in [-0.25, -0.2) is 0 Å². The Labute approximate surface area is 140 Å². The number of benzene rings is 1. The highest BCUT2D eigenvalue weighted by Gasteiger charge is 2.66. The zero-order chi connectivity index (χ0) is 18.1. The van der Waals surface area contributed by atoms with Crippen molar-refractivity contribution in [3.05, 3.63) is 29.8 Å². The molecule has 0 aliphatic carbocycles. The van der Waals surface area contributed by atoms with Crippen LogP contribution in [0, 0.1) is 5.92 Å². The molecule has 0 radical (unpaired) electrons. The van der Waals surface area contributed by atoms with Crippen molar-refractivity contribution in [3.63, 3.8) is 0 Å². The first-order valence-electron chi connectivity index (χ1n) is 6.93. The molecule has 1 fully saturated rings. The minimum absolute atomic E-state index is 0.138. The Balaban J connectivity index is 2.57. The van der Waals surface area contributed by atoms with Gasteiger partial charge in [0, 0.05) is 0 Å². The van der Waals surface area contributed by atoms with Crippen LogP contribution in [0.1, 0.15) is 18.5 Å². The molecule has 132 valence electrons. The highest BCUT2D eigenvalue weighted by molar-refractivity contribution is 7.80. The van der Waals surface area contributed by atoms with Crippen LogP contribution in [0.5, 0.6) is 5.75 Å². The van der Waals surface area contributed by atoms with Crippen molar-refractivity contribution in [3.8, 4) is 5.75 Å². The van der Waals surface area contributed by atoms with Crippen LogP contribution < -0.4 is 10.6 Å². The van der Waals surface area contributed by atoms with Gasteiger partial charge in [-0.05, 0) is 36.8 Å². The number of aliphatic hydroxyl groups is 1. The number of phenolic OH excluding ortho intramolecular Hbond substituents is 1. The van der Waals surface area contributed by atoms with Gasteiger partial charge in [0.1, 0.15) is 11.7 Å². The molecule has 1 aliphatic rings. The SMILES string of the molecule is CCOC(=O)[C@@H]1[C@H](c2cccc(O)c2)NC(=S)N[C@@]1(O)C(F)(F)F. The molecule has 1 aromatic carbocycles. The van der Waals surface area contributed by atoms with E-state index in [1.807, 2.05) is 0 Å². The van der Waals surface area contributed by atoms with Gasteiger partial charge in [0.25, 0.3) is 5.72 Å². The first-order chi connectivity index (χ1) is 11.1. The van der Waals surface area contributed by atoms with Crippen LogP contribution in [0.3, 0.4) is 0 Å². The molecule has 3 atom stereocenters. The Kier molecular flexibility index (Phi) is 4.90. The van der Waals surface area contributed by atoms with Crippen LogP contribution >= 0.6 is 12.2 Å². The number of phenols is 1. The number of hydrogen-bond acceptors (Lipinski definition) is 5. The van der Waals surface area contributed by atoms with E-state index in [1.54, 1.807) is 5.32 Å². The molecule has 1 aromatic rings. The predicted octanol–water partition coefficient (Wildman–Crippen LogP) is 1.34. The van der Waals surface area contributed by atoms with Gasteiger partial charge in [-0.1, -0.05) is 12.1 Å². The average molecular weight is 364 g/mol. The lowest BCUT2D eigenvalue weighted by Gasteiger charge is -2.45. The van der Waals surface area contributed by atoms with Crippen molar-refractivity contribution >= 4 is 23.3 Å². The van der Waals surface area contributed by atoms with Gasteiger partial charge in [0.2, 0.25) is 0 Å². The number of halogens is 3. The molecule has 0 spiro atoms. The summed E-state index contributed by atoms with van der Waals surface area (Å²) in [6.45, 7) is 1.27. The fourth-order valence-corrected chi connectivity index (χ4v) is 2.82. The Hall–Kier alpha value is -2.07. The molecule has 1 saturated heterocycles. The van der Waals surface area contributed by atoms with Gasteiger partial charge in [-0.15, -0.1) is 0 Å². The topological polar surface area (TPSA) is 90.8 Å². The van der Waals surface area contributed by atoms with Crippen molar-refractivity contribution < 1.29 is 32.9 Å². The van der Waals surface area contributed by atoms with Crippen LogP contribution in [-0.4, -0.2) is 39.8 Å². The number of hydrogen-bond donors (Lipinski definition) is 4. The quantitative estimate of drug-likeness (QED) is 0.475. The third-order valence-electron chi connectivity index (χ3n) is 3.58. The van der Waals surface area contributed by atoms with Crippen molar-refractivity contribution in [1.82, 2.24) is 10.6 Å². The molecule has 0 aromatic heterocycles. The van der Waals surface area contributed by atoms with E-state index in [9.17, 15) is 28.2 Å². The molecule has 1 heterocycles. The van der Waals surface area contributed by atoms with Crippen molar-refractivity contribution in [2.24, 2.45) is 5.92 Å². The monoisotopic (exact) mass is 364 g/mol. The number of aromatic hydroxyl groups is 1. The molecule has 4 N–H and O–H groups in total. The smallest absolute Gasteiger partial charge is 0.437 e. The van der Waals surface area contributed by atoms with Crippen LogP contribution in [0.4, 0.5) is 13.2 Å². The third-order valence-corrected chi connectivity index (χ3v) is 3.80. The zero-order valence-corrected chi connectivity index (χ0v) is 13.2. The minimum Gasteiger partial charge on any atom is -0.508 e. The number of esters is 1. The highest BCUT2D eigenvalue weighted by Crippen LogP contribution is 2.43. The van der Waals surface area contributed by atoms with Gasteiger partial charge in [-0.2, -0.15) is 13.2 Å². The number of carbonyl (C=O) groups excluding carboxylic acids is 1. The molecular weight excluding hydrogens is 349 g/mol. The number of ether oxygens (including phenoxy) is 1. The predicted molar refractivity (Wildman–Crippen MR) is 80.8 cm³/mol. The molecule has 0 amide bonds. The molecule has 0 saturated carbocycles. The van der Waals surface area contributed by atoms with Crippen LogP contribution in [0.25, 0.3) is 0 Å². The van der Waals surface area contributed by atoms with Crippen LogP contribution in [-0.2, 0) is 9.53 Å². The summed E-state index contributed by atoms with van der Waals surface area (Å²) >= 11 is 4.74. The number of thiocarbonyl (C=S) groups is 1. The lowest BCUT2D eigenvalue weighted by molar-refractivity contribution is -0.292. The maximum absolute atomic E-state index is 13.5. The van der Waals surface area contributed by atoms with E-state index < -0.39 is 34.9 Å². The Morgan fingerprint density at radius 3 is 2.67 bits per heavy atom. The molecule has 0 unspecified atom stereocenters. The zero-order valence-electron chi connectivity index (χ0n) is 12.4. The van der Waals surface area contributed by atoms with Gasteiger partial charge >= 0.3 is 12.1 Å². The van der Waals surface area contributed by atoms with Gasteiger partial charge < -0.3 is 25.6 Å². The summed E-state index contributed by atoms with van der Waals surface area (Å²) in [5.41, 5.74) is -3.47. The van der Waals surface area contributed by atoms with E-state index in [0.29, 0.717) is 0 Å². The first kappa shape index (κ1) is 18.3. The second-order valence-electron chi connectivity index (χ2n) is 5.16. The molecule has 24 heavy (non-hydrogen) atoms. The average Bonchev–Trinajstić information content (AvgIpc) is 2.45. The van der Waals surface area contributed by atoms with Crippen LogP contribution in [0.2, 0.25) is 0 Å². The van der Waals surface area contributed by atoms with E-state index in [2.05, 4.69) is 5.32 Å². The summed E-state index contributed by atoms with van der Waals surface area (Å²) in [5.74, 6) is -3.55. The van der Waals surface area contributed by atoms with Crippen molar-refractivity contribution in [2.75, 3.05) is 6.61 Å². The highest BCUT2D eigenvalue weighted by atomic mass is 32.1. The van der Waals surface area contributed by atoms with E-state index in [0.717, 1.165) is 0 Å². The summed E-state index contributed by atoms with van der Waals surface area (Å²) in [6.07, 6.45) is -5.20. The Morgan fingerprint density at radius 2 is 2.12 bits per heavy atom. The summed E-state index contributed by atoms with van der Waals surface area (Å²) in [5, 5.41) is 23.5. The van der Waals surface area contributed by atoms with E-state index in [1.165, 1.54) is 31.2 Å². The summed E-state index contributed by atoms with van der Waals surface area (Å²) in [4.78, 5) is 12.2. The maximum atomic E-state index is 13.5. The van der Waals surface area contributed by atoms with Crippen LogP contribution in [0.15, 0.2) is 24.3 Å². The number of nitrogens with one attached hydrogen (secondary N) is 2. The first-order valence-corrected chi connectivity index (χ1v) is 7.34. The van der Waals surface area contributed by atoms with Crippen molar-refractivity contribution in [1.29, 1.82) is 0 Å². The van der Waals surface area contributed by atoms with Gasteiger partial charge in [0.15, 0.2) is 5.11 Å². The molecular formula is C14H15F3N2O4S. The second kappa shape index (κ2) is 6.44. The number of carbonyl (C=O) groups is 1. The Bertz CT molecular complexity index is 655. The molecule has 2 rings (SSSR count). The fourth-order valence-electron chi connectivity index (χ4n) is 2.53. The molecule has 10 heteroatoms. The molecule has 1 aliphatic heterocycles. The van der Waals surface area contributed by atoms with Gasteiger partial charge in [0.05, 0.1) is 12.6 Å². The molecule has 6 nitrogen and oxygen atoms in total. The summed E-state index contributed by atoms with van der Waals surface area (Å²) in [7, 11) is 0. The lowest BCUT2D eigenvalue weighted by atomic mass is 9.82. The van der Waals surface area contributed by atoms with Gasteiger partial charge in [-0.3, -0.25) is 4.79 Å². The lowest BCUT2D eigenvalue weighted by Crippen LogP contribution is -2.73. The van der Waals surface area contributed by atoms with E-state index in [4.69, 9.17) is 17.0 Å². The Morgan fingerprint density at radius 1 is 1.46 bits per heavy atom. The molecule has 0 bridgehead atoms. The fraction of sp³-hybridized carbons (Fsp3) is 0.429. The normalized spacial score (nSPS) is 27.1. The second-order valence-corrected chi connectivity index (χ2v) is 5.57. The summed E-state index contributed by atoms with van der Waals surface area (Å²) in [6, 6.07) is 3.93. The van der Waals surface area contributed by atoms with E-state index >= 15 is 0 Å². The maximum Gasteiger partial charge on any atom is 0.437 e. The van der Waals surface area contributed by atoms with Crippen molar-refractivity contribution in [2.45, 2.75) is 24.9 Å². The summed E-state index contributed by atoms with van der Waals surface area (Å²) < 4.78 is 45.1. The number of alkyl halides is 3. The number of rotatable bonds is 3.